The Morgan fingerprint density at radius 1 is 0.931 bits per heavy atom. The number of nitrogens with zero attached hydrogens (tertiary/aromatic N) is 1. The van der Waals surface area contributed by atoms with Gasteiger partial charge in [-0.3, -0.25) is 0 Å². The highest BCUT2D eigenvalue weighted by Crippen LogP contribution is 2.45. The number of hydrogen-bond acceptors (Lipinski definition) is 2. The minimum Gasteiger partial charge on any atom is -0.486 e. The van der Waals surface area contributed by atoms with Crippen LogP contribution in [-0.2, 0) is 21.0 Å². The van der Waals surface area contributed by atoms with Gasteiger partial charge < -0.3 is 4.74 Å². The van der Waals surface area contributed by atoms with Gasteiger partial charge in [0.05, 0.1) is 17.6 Å². The van der Waals surface area contributed by atoms with Crippen molar-refractivity contribution in [1.82, 2.24) is 0 Å². The second kappa shape index (κ2) is 9.65. The molecule has 0 aliphatic carbocycles. The van der Waals surface area contributed by atoms with Crippen LogP contribution in [0.25, 0.3) is 0 Å². The molecule has 0 bridgehead atoms. The van der Waals surface area contributed by atoms with Gasteiger partial charge >= 0.3 is 0 Å². The molecule has 1 rings (SSSR count). The molecule has 0 saturated carbocycles. The number of allylic oxidation sites excluding steroid dienone is 1. The maximum atomic E-state index is 5.74. The Morgan fingerprint density at radius 3 is 1.69 bits per heavy atom. The van der Waals surface area contributed by atoms with Gasteiger partial charge in [0.15, 0.2) is 4.67 Å². The first-order chi connectivity index (χ1) is 13.0. The molecule has 0 spiro atoms. The molecule has 0 heterocycles. The molecule has 164 valence electrons. The van der Waals surface area contributed by atoms with E-state index in [0.29, 0.717) is 12.5 Å². The van der Waals surface area contributed by atoms with Gasteiger partial charge in [-0.05, 0) is 61.7 Å². The number of hydrogen-bond donors (Lipinski definition) is 0. The fraction of sp³-hybridized carbons (Fsp3) is 0.680. The summed E-state index contributed by atoms with van der Waals surface area (Å²) in [6.45, 7) is 27.6. The van der Waals surface area contributed by atoms with Crippen LogP contribution in [0.1, 0.15) is 99.8 Å². The molecule has 0 aliphatic heterocycles. The lowest BCUT2D eigenvalue weighted by atomic mass is 9.74. The van der Waals surface area contributed by atoms with Crippen LogP contribution in [0.5, 0.6) is 0 Å². The molecule has 0 atom stereocenters. The van der Waals surface area contributed by atoms with Crippen LogP contribution in [0.4, 0.5) is 5.69 Å². The zero-order valence-electron chi connectivity index (χ0n) is 20.6. The van der Waals surface area contributed by atoms with Crippen molar-refractivity contribution >= 4 is 30.0 Å². The Balaban J connectivity index is 3.86. The van der Waals surface area contributed by atoms with Crippen LogP contribution in [0.15, 0.2) is 26.9 Å². The van der Waals surface area contributed by atoms with Crippen molar-refractivity contribution in [3.8, 4) is 0 Å². The molecule has 0 saturated heterocycles. The predicted molar refractivity (Wildman–Crippen MR) is 134 cm³/mol. The SMILES string of the molecule is CCO/C(Br)=C(\P=Nc1c(C(C)(C)C)cc(C(C)(C)C)cc1C(C)(C)C)C(C)C. The van der Waals surface area contributed by atoms with Crippen LogP contribution in [0, 0.1) is 5.92 Å². The molecule has 0 aromatic heterocycles. The van der Waals surface area contributed by atoms with E-state index in [9.17, 15) is 0 Å². The lowest BCUT2D eigenvalue weighted by molar-refractivity contribution is 0.257. The Hall–Kier alpha value is -0.660. The summed E-state index contributed by atoms with van der Waals surface area (Å²) in [6, 6.07) is 4.75. The van der Waals surface area contributed by atoms with Gasteiger partial charge in [0.1, 0.15) is 0 Å². The quantitative estimate of drug-likeness (QED) is 0.302. The van der Waals surface area contributed by atoms with Gasteiger partial charge in [0, 0.05) is 8.37 Å². The normalized spacial score (nSPS) is 14.6. The average Bonchev–Trinajstić information content (AvgIpc) is 2.51. The van der Waals surface area contributed by atoms with Gasteiger partial charge in [-0.25, -0.2) is 4.74 Å². The van der Waals surface area contributed by atoms with E-state index in [2.05, 4.69) is 104 Å². The van der Waals surface area contributed by atoms with Crippen molar-refractivity contribution in [2.75, 3.05) is 6.61 Å². The first kappa shape index (κ1) is 26.4. The van der Waals surface area contributed by atoms with Crippen molar-refractivity contribution in [1.29, 1.82) is 0 Å². The summed E-state index contributed by atoms with van der Waals surface area (Å²) in [4.78, 5) is 0. The van der Waals surface area contributed by atoms with Gasteiger partial charge in [0.2, 0.25) is 0 Å². The number of rotatable bonds is 5. The highest BCUT2D eigenvalue weighted by atomic mass is 79.9. The van der Waals surface area contributed by atoms with Gasteiger partial charge in [-0.2, -0.15) is 0 Å². The van der Waals surface area contributed by atoms with Gasteiger partial charge in [0.25, 0.3) is 0 Å². The molecule has 0 fully saturated rings. The summed E-state index contributed by atoms with van der Waals surface area (Å²) in [5, 5.41) is 1.17. The molecule has 1 aromatic carbocycles. The van der Waals surface area contributed by atoms with E-state index in [1.807, 2.05) is 6.92 Å². The smallest absolute Gasteiger partial charge is 0.171 e. The van der Waals surface area contributed by atoms with Crippen LogP contribution in [0.2, 0.25) is 0 Å². The zero-order valence-corrected chi connectivity index (χ0v) is 23.1. The van der Waals surface area contributed by atoms with Crippen LogP contribution >= 0.6 is 24.3 Å². The van der Waals surface area contributed by atoms with E-state index in [1.165, 1.54) is 22.0 Å². The standard InChI is InChI=1S/C25H41BrNOP/c1-13-28-22(26)21(16(2)3)29-27-20-18(24(7,8)9)14-17(23(4,5)6)15-19(20)25(10,11)12/h14-16H,13H2,1-12H3/b22-21-. The monoisotopic (exact) mass is 481 g/mol. The molecular formula is C25H41BrNOP. The Kier molecular flexibility index (Phi) is 8.77. The van der Waals surface area contributed by atoms with E-state index < -0.39 is 0 Å². The van der Waals surface area contributed by atoms with Crippen LogP contribution in [0.3, 0.4) is 0 Å². The fourth-order valence-electron chi connectivity index (χ4n) is 3.00. The summed E-state index contributed by atoms with van der Waals surface area (Å²) < 4.78 is 11.8. The topological polar surface area (TPSA) is 21.6 Å². The third-order valence-corrected chi connectivity index (χ3v) is 7.07. The van der Waals surface area contributed by atoms with Crippen molar-refractivity contribution in [2.24, 2.45) is 10.7 Å². The van der Waals surface area contributed by atoms with E-state index in [0.717, 1.165) is 18.7 Å². The molecule has 2 nitrogen and oxygen atoms in total. The molecule has 1 aromatic rings. The number of benzene rings is 1. The Bertz CT molecular complexity index is 736. The second-order valence-electron chi connectivity index (χ2n) is 11.1. The lowest BCUT2D eigenvalue weighted by Crippen LogP contribution is -2.21. The molecule has 0 aliphatic rings. The second-order valence-corrected chi connectivity index (χ2v) is 12.7. The van der Waals surface area contributed by atoms with E-state index in [4.69, 9.17) is 9.48 Å². The first-order valence-corrected chi connectivity index (χ1v) is 12.3. The highest BCUT2D eigenvalue weighted by molar-refractivity contribution is 9.11. The molecule has 0 unspecified atom stereocenters. The summed E-state index contributed by atoms with van der Waals surface area (Å²) in [7, 11) is 0.938. The Labute approximate surface area is 189 Å². The molecule has 29 heavy (non-hydrogen) atoms. The lowest BCUT2D eigenvalue weighted by Gasteiger charge is -2.32. The minimum atomic E-state index is 0.00841. The molecule has 0 amide bonds. The average molecular weight is 482 g/mol. The number of ether oxygens (including phenoxy) is 1. The molecule has 0 radical (unpaired) electrons. The molecule has 0 N–H and O–H groups in total. The van der Waals surface area contributed by atoms with Gasteiger partial charge in [-0.15, -0.1) is 0 Å². The van der Waals surface area contributed by atoms with E-state index in [1.54, 1.807) is 0 Å². The van der Waals surface area contributed by atoms with Crippen LogP contribution < -0.4 is 0 Å². The number of halogens is 1. The molecule has 4 heteroatoms. The summed E-state index contributed by atoms with van der Waals surface area (Å²) in [5.74, 6) is 0.353. The third kappa shape index (κ3) is 7.21. The third-order valence-electron chi connectivity index (χ3n) is 4.87. The van der Waals surface area contributed by atoms with Gasteiger partial charge in [-0.1, -0.05) is 88.3 Å². The fourth-order valence-corrected chi connectivity index (χ4v) is 4.73. The maximum absolute atomic E-state index is 5.74. The zero-order chi connectivity index (χ0) is 22.8. The van der Waals surface area contributed by atoms with Crippen molar-refractivity contribution in [3.05, 3.63) is 38.8 Å². The van der Waals surface area contributed by atoms with E-state index >= 15 is 0 Å². The van der Waals surface area contributed by atoms with Crippen molar-refractivity contribution in [3.63, 3.8) is 0 Å². The largest absolute Gasteiger partial charge is 0.486 e. The first-order valence-electron chi connectivity index (χ1n) is 10.6. The van der Waals surface area contributed by atoms with Crippen molar-refractivity contribution < 1.29 is 4.74 Å². The summed E-state index contributed by atoms with van der Waals surface area (Å²) >= 11 is 3.62. The minimum absolute atomic E-state index is 0.00841. The summed E-state index contributed by atoms with van der Waals surface area (Å²) in [5.41, 5.74) is 5.25. The molecular weight excluding hydrogens is 441 g/mol. The van der Waals surface area contributed by atoms with E-state index in [-0.39, 0.29) is 16.2 Å². The Morgan fingerprint density at radius 2 is 1.38 bits per heavy atom. The highest BCUT2D eigenvalue weighted by Gasteiger charge is 2.29. The van der Waals surface area contributed by atoms with Crippen LogP contribution in [-0.4, -0.2) is 6.61 Å². The summed E-state index contributed by atoms with van der Waals surface area (Å²) in [6.07, 6.45) is 0. The predicted octanol–water partition coefficient (Wildman–Crippen LogP) is 9.60. The maximum Gasteiger partial charge on any atom is 0.171 e. The van der Waals surface area contributed by atoms with Crippen molar-refractivity contribution in [2.45, 2.75) is 99.3 Å².